The molecule has 0 fully saturated rings. The Morgan fingerprint density at radius 2 is 1.97 bits per heavy atom. The van der Waals surface area contributed by atoms with Gasteiger partial charge in [0.25, 0.3) is 0 Å². The third-order valence-corrected chi connectivity index (χ3v) is 5.15. The van der Waals surface area contributed by atoms with E-state index in [1.54, 1.807) is 12.4 Å². The lowest BCUT2D eigenvalue weighted by atomic mass is 10.00. The molecule has 0 spiro atoms. The van der Waals surface area contributed by atoms with E-state index in [1.807, 2.05) is 54.6 Å². The van der Waals surface area contributed by atoms with E-state index in [2.05, 4.69) is 9.88 Å². The molecule has 1 aromatic heterocycles. The first-order valence-corrected chi connectivity index (χ1v) is 10.1. The highest BCUT2D eigenvalue weighted by Crippen LogP contribution is 2.30. The molecule has 1 atom stereocenters. The van der Waals surface area contributed by atoms with Crippen LogP contribution in [0.2, 0.25) is 0 Å². The van der Waals surface area contributed by atoms with Crippen LogP contribution in [0.1, 0.15) is 28.4 Å². The van der Waals surface area contributed by atoms with E-state index in [9.17, 15) is 5.11 Å². The van der Waals surface area contributed by atoms with Gasteiger partial charge in [-0.05, 0) is 41.5 Å². The Labute approximate surface area is 176 Å². The molecule has 30 heavy (non-hydrogen) atoms. The first-order valence-electron chi connectivity index (χ1n) is 10.1. The Morgan fingerprint density at radius 3 is 2.73 bits per heavy atom. The number of rotatable bonds is 7. The minimum Gasteiger partial charge on any atom is -0.492 e. The molecule has 0 aliphatic carbocycles. The molecule has 1 unspecified atom stereocenters. The van der Waals surface area contributed by atoms with Gasteiger partial charge in [0.2, 0.25) is 0 Å². The average Bonchev–Trinajstić information content (AvgIpc) is 2.99. The van der Waals surface area contributed by atoms with Crippen LogP contribution in [-0.4, -0.2) is 46.5 Å². The highest BCUT2D eigenvalue weighted by Gasteiger charge is 2.19. The van der Waals surface area contributed by atoms with Crippen LogP contribution >= 0.6 is 0 Å². The molecule has 1 aliphatic rings. The van der Waals surface area contributed by atoms with E-state index in [1.165, 1.54) is 5.56 Å². The van der Waals surface area contributed by atoms with Crippen LogP contribution in [0.25, 0.3) is 0 Å². The molecular formula is C24H26N2O4. The molecule has 2 N–H and O–H groups in total. The molecule has 2 aromatic carbocycles. The number of aromatic nitrogens is 1. The quantitative estimate of drug-likeness (QED) is 0.628. The van der Waals surface area contributed by atoms with Crippen LogP contribution in [0.3, 0.4) is 0 Å². The number of benzene rings is 2. The predicted octanol–water partition coefficient (Wildman–Crippen LogP) is 2.93. The van der Waals surface area contributed by atoms with Gasteiger partial charge >= 0.3 is 0 Å². The molecule has 4 rings (SSSR count). The summed E-state index contributed by atoms with van der Waals surface area (Å²) >= 11 is 0. The van der Waals surface area contributed by atoms with Crippen molar-refractivity contribution in [2.24, 2.45) is 0 Å². The molecule has 0 saturated carbocycles. The van der Waals surface area contributed by atoms with Crippen LogP contribution in [0.4, 0.5) is 0 Å². The normalized spacial score (nSPS) is 15.0. The Bertz CT molecular complexity index is 947. The molecule has 0 amide bonds. The van der Waals surface area contributed by atoms with Crippen molar-refractivity contribution in [3.8, 4) is 11.5 Å². The van der Waals surface area contributed by atoms with Crippen molar-refractivity contribution >= 4 is 0 Å². The second-order valence-electron chi connectivity index (χ2n) is 7.33. The van der Waals surface area contributed by atoms with Gasteiger partial charge in [0.05, 0.1) is 6.61 Å². The molecule has 6 nitrogen and oxygen atoms in total. The third kappa shape index (κ3) is 4.97. The minimum absolute atomic E-state index is 0.00636. The summed E-state index contributed by atoms with van der Waals surface area (Å²) < 4.78 is 11.4. The zero-order chi connectivity index (χ0) is 20.8. The second-order valence-corrected chi connectivity index (χ2v) is 7.33. The maximum Gasteiger partial charge on any atom is 0.123 e. The number of hydrogen-bond donors (Lipinski definition) is 2. The van der Waals surface area contributed by atoms with E-state index < -0.39 is 6.10 Å². The molecule has 3 aromatic rings. The first-order chi connectivity index (χ1) is 14.7. The highest BCUT2D eigenvalue weighted by molar-refractivity contribution is 5.41. The maximum atomic E-state index is 10.7. The molecule has 1 aliphatic heterocycles. The Morgan fingerprint density at radius 1 is 1.10 bits per heavy atom. The van der Waals surface area contributed by atoms with Gasteiger partial charge in [0.1, 0.15) is 30.8 Å². The average molecular weight is 406 g/mol. The van der Waals surface area contributed by atoms with Crippen LogP contribution in [0.5, 0.6) is 11.5 Å². The third-order valence-electron chi connectivity index (χ3n) is 5.15. The summed E-state index contributed by atoms with van der Waals surface area (Å²) in [5, 5.41) is 19.6. The molecular weight excluding hydrogens is 380 g/mol. The van der Waals surface area contributed by atoms with Gasteiger partial charge in [-0.3, -0.25) is 9.88 Å². The van der Waals surface area contributed by atoms with Gasteiger partial charge in [-0.25, -0.2) is 0 Å². The zero-order valence-electron chi connectivity index (χ0n) is 16.8. The van der Waals surface area contributed by atoms with Crippen LogP contribution in [0, 0.1) is 0 Å². The first kappa shape index (κ1) is 20.3. The number of ether oxygens (including phenoxy) is 2. The summed E-state index contributed by atoms with van der Waals surface area (Å²) in [6.07, 6.45) is 2.67. The minimum atomic E-state index is -0.716. The SMILES string of the molecule is OCCOc1ccc(CN2CCOc3ccc(C(O)c4cccnc4)cc3C2)cc1. The van der Waals surface area contributed by atoms with E-state index in [0.717, 1.165) is 47.8 Å². The summed E-state index contributed by atoms with van der Waals surface area (Å²) in [6.45, 7) is 3.27. The molecule has 2 heterocycles. The van der Waals surface area contributed by atoms with Crippen molar-refractivity contribution in [2.75, 3.05) is 26.4 Å². The summed E-state index contributed by atoms with van der Waals surface area (Å²) in [5.41, 5.74) is 3.85. The lowest BCUT2D eigenvalue weighted by Gasteiger charge is -2.20. The fourth-order valence-corrected chi connectivity index (χ4v) is 3.62. The van der Waals surface area contributed by atoms with Gasteiger partial charge in [-0.15, -0.1) is 0 Å². The Kier molecular flexibility index (Phi) is 6.59. The second kappa shape index (κ2) is 9.71. The van der Waals surface area contributed by atoms with E-state index in [4.69, 9.17) is 14.6 Å². The van der Waals surface area contributed by atoms with Crippen molar-refractivity contribution in [3.63, 3.8) is 0 Å². The van der Waals surface area contributed by atoms with Crippen LogP contribution in [0.15, 0.2) is 67.0 Å². The fraction of sp³-hybridized carbons (Fsp3) is 0.292. The number of pyridine rings is 1. The maximum absolute atomic E-state index is 10.7. The molecule has 156 valence electrons. The lowest BCUT2D eigenvalue weighted by Crippen LogP contribution is -2.25. The van der Waals surface area contributed by atoms with Gasteiger partial charge in [0, 0.05) is 43.2 Å². The summed E-state index contributed by atoms with van der Waals surface area (Å²) in [7, 11) is 0. The van der Waals surface area contributed by atoms with Gasteiger partial charge in [-0.2, -0.15) is 0 Å². The number of nitrogens with zero attached hydrogens (tertiary/aromatic N) is 2. The zero-order valence-corrected chi connectivity index (χ0v) is 16.8. The van der Waals surface area contributed by atoms with Gasteiger partial charge in [0.15, 0.2) is 0 Å². The topological polar surface area (TPSA) is 75.1 Å². The Hall–Kier alpha value is -2.93. The highest BCUT2D eigenvalue weighted by atomic mass is 16.5. The Balaban J connectivity index is 1.47. The fourth-order valence-electron chi connectivity index (χ4n) is 3.62. The number of fused-ring (bicyclic) bond motifs is 1. The van der Waals surface area contributed by atoms with E-state index in [0.29, 0.717) is 13.2 Å². The number of aliphatic hydroxyl groups is 2. The standard InChI is InChI=1S/C24H26N2O4/c27-11-13-29-22-6-3-18(4-7-22)16-26-10-12-30-23-8-5-19(14-21(23)17-26)24(28)20-2-1-9-25-15-20/h1-9,14-15,24,27-28H,10-13,16-17H2. The van der Waals surface area contributed by atoms with Crippen molar-refractivity contribution < 1.29 is 19.7 Å². The largest absolute Gasteiger partial charge is 0.492 e. The van der Waals surface area contributed by atoms with Crippen molar-refractivity contribution in [1.29, 1.82) is 0 Å². The lowest BCUT2D eigenvalue weighted by molar-refractivity contribution is 0.201. The monoisotopic (exact) mass is 406 g/mol. The number of aliphatic hydroxyl groups excluding tert-OH is 2. The molecule has 0 radical (unpaired) electrons. The number of hydrogen-bond acceptors (Lipinski definition) is 6. The van der Waals surface area contributed by atoms with Gasteiger partial charge in [-0.1, -0.05) is 24.3 Å². The smallest absolute Gasteiger partial charge is 0.123 e. The van der Waals surface area contributed by atoms with Crippen LogP contribution in [-0.2, 0) is 13.1 Å². The summed E-state index contributed by atoms with van der Waals surface area (Å²) in [4.78, 5) is 6.43. The van der Waals surface area contributed by atoms with Crippen molar-refractivity contribution in [2.45, 2.75) is 19.2 Å². The van der Waals surface area contributed by atoms with Gasteiger partial charge < -0.3 is 19.7 Å². The van der Waals surface area contributed by atoms with E-state index >= 15 is 0 Å². The summed E-state index contributed by atoms with van der Waals surface area (Å²) in [5.74, 6) is 1.62. The van der Waals surface area contributed by atoms with Crippen molar-refractivity contribution in [3.05, 3.63) is 89.2 Å². The molecule has 0 bridgehead atoms. The van der Waals surface area contributed by atoms with Crippen LogP contribution < -0.4 is 9.47 Å². The molecule has 0 saturated heterocycles. The van der Waals surface area contributed by atoms with E-state index in [-0.39, 0.29) is 6.61 Å². The predicted molar refractivity (Wildman–Crippen MR) is 113 cm³/mol. The summed E-state index contributed by atoms with van der Waals surface area (Å²) in [6, 6.07) is 17.5. The van der Waals surface area contributed by atoms with Crippen molar-refractivity contribution in [1.82, 2.24) is 9.88 Å². The molecule has 6 heteroatoms.